The first-order valence-electron chi connectivity index (χ1n) is 11.3. The Balaban J connectivity index is 1.54. The number of aromatic nitrogens is 2. The van der Waals surface area contributed by atoms with Gasteiger partial charge in [-0.3, -0.25) is 4.79 Å². The normalized spacial score (nSPS) is 20.3. The number of benzene rings is 2. The SMILES string of the molecule is CC(C)(C(=O)Nc1nncs1)C1c2ccccc2Oc2cc(B3OC(C)(C)C(C)(C)O3)ccc21. The lowest BCUT2D eigenvalue weighted by Gasteiger charge is -2.38. The monoisotopic (exact) mass is 477 g/mol. The van der Waals surface area contributed by atoms with Crippen molar-refractivity contribution < 1.29 is 18.8 Å². The van der Waals surface area contributed by atoms with Gasteiger partial charge < -0.3 is 19.4 Å². The lowest BCUT2D eigenvalue weighted by atomic mass is 9.68. The van der Waals surface area contributed by atoms with Crippen molar-refractivity contribution in [2.75, 3.05) is 5.32 Å². The van der Waals surface area contributed by atoms with Crippen LogP contribution in [0.15, 0.2) is 48.0 Å². The number of hydrogen-bond donors (Lipinski definition) is 1. The molecule has 0 spiro atoms. The summed E-state index contributed by atoms with van der Waals surface area (Å²) in [4.78, 5) is 13.4. The van der Waals surface area contributed by atoms with E-state index in [9.17, 15) is 4.79 Å². The summed E-state index contributed by atoms with van der Waals surface area (Å²) in [6, 6.07) is 13.9. The smallest absolute Gasteiger partial charge is 0.457 e. The van der Waals surface area contributed by atoms with Gasteiger partial charge in [0.1, 0.15) is 17.0 Å². The third-order valence-electron chi connectivity index (χ3n) is 7.21. The molecule has 0 radical (unpaired) electrons. The molecule has 1 atom stereocenters. The molecule has 7 nitrogen and oxygen atoms in total. The highest BCUT2D eigenvalue weighted by Crippen LogP contribution is 2.52. The molecule has 2 aliphatic heterocycles. The van der Waals surface area contributed by atoms with Crippen LogP contribution in [-0.4, -0.2) is 34.4 Å². The molecule has 1 saturated heterocycles. The maximum atomic E-state index is 13.4. The number of nitrogens with zero attached hydrogens (tertiary/aromatic N) is 2. The minimum absolute atomic E-state index is 0.132. The highest BCUT2D eigenvalue weighted by Gasteiger charge is 2.52. The zero-order valence-electron chi connectivity index (χ0n) is 20.2. The Hall–Kier alpha value is -2.75. The van der Waals surface area contributed by atoms with Gasteiger partial charge in [-0.2, -0.15) is 0 Å². The molecule has 3 heterocycles. The number of nitrogens with one attached hydrogen (secondary N) is 1. The molecule has 0 aliphatic carbocycles. The summed E-state index contributed by atoms with van der Waals surface area (Å²) in [5.74, 6) is 1.08. The second-order valence-electron chi connectivity index (χ2n) is 10.4. The van der Waals surface area contributed by atoms with Crippen LogP contribution in [0.2, 0.25) is 0 Å². The van der Waals surface area contributed by atoms with Crippen molar-refractivity contribution in [1.29, 1.82) is 0 Å². The first-order chi connectivity index (χ1) is 16.0. The van der Waals surface area contributed by atoms with E-state index in [0.29, 0.717) is 10.9 Å². The maximum absolute atomic E-state index is 13.4. The van der Waals surface area contributed by atoms with E-state index in [0.717, 1.165) is 22.3 Å². The molecule has 9 heteroatoms. The zero-order valence-corrected chi connectivity index (χ0v) is 21.0. The summed E-state index contributed by atoms with van der Waals surface area (Å²) in [6.07, 6.45) is 0. The minimum Gasteiger partial charge on any atom is -0.457 e. The summed E-state index contributed by atoms with van der Waals surface area (Å²) >= 11 is 1.29. The Labute approximate surface area is 204 Å². The van der Waals surface area contributed by atoms with Gasteiger partial charge in [-0.25, -0.2) is 0 Å². The van der Waals surface area contributed by atoms with Crippen LogP contribution in [0.3, 0.4) is 0 Å². The molecule has 1 amide bonds. The highest BCUT2D eigenvalue weighted by molar-refractivity contribution is 7.13. The lowest BCUT2D eigenvalue weighted by Crippen LogP contribution is -2.41. The molecule has 2 aliphatic rings. The molecule has 34 heavy (non-hydrogen) atoms. The number of rotatable bonds is 4. The predicted octanol–water partition coefficient (Wildman–Crippen LogP) is 4.74. The summed E-state index contributed by atoms with van der Waals surface area (Å²) in [5.41, 5.74) is 2.71. The molecule has 176 valence electrons. The van der Waals surface area contributed by atoms with E-state index in [1.165, 1.54) is 11.3 Å². The van der Waals surface area contributed by atoms with Crippen molar-refractivity contribution in [1.82, 2.24) is 10.2 Å². The molecule has 1 N–H and O–H groups in total. The van der Waals surface area contributed by atoms with Gasteiger partial charge in [0.25, 0.3) is 0 Å². The van der Waals surface area contributed by atoms with Gasteiger partial charge in [-0.15, -0.1) is 10.2 Å². The van der Waals surface area contributed by atoms with Crippen LogP contribution in [0.25, 0.3) is 0 Å². The largest absolute Gasteiger partial charge is 0.494 e. The number of anilines is 1. The molecule has 1 aromatic heterocycles. The van der Waals surface area contributed by atoms with E-state index >= 15 is 0 Å². The summed E-state index contributed by atoms with van der Waals surface area (Å²) in [6.45, 7) is 12.0. The molecule has 3 aromatic rings. The summed E-state index contributed by atoms with van der Waals surface area (Å²) in [7, 11) is -0.497. The molecular weight excluding hydrogens is 449 g/mol. The van der Waals surface area contributed by atoms with Crippen LogP contribution in [0.1, 0.15) is 58.6 Å². The van der Waals surface area contributed by atoms with Crippen LogP contribution in [0, 0.1) is 5.41 Å². The average Bonchev–Trinajstić information content (AvgIpc) is 3.36. The predicted molar refractivity (Wildman–Crippen MR) is 133 cm³/mol. The fourth-order valence-electron chi connectivity index (χ4n) is 4.50. The van der Waals surface area contributed by atoms with E-state index < -0.39 is 23.7 Å². The topological polar surface area (TPSA) is 82.6 Å². The number of hydrogen-bond acceptors (Lipinski definition) is 7. The van der Waals surface area contributed by atoms with Crippen molar-refractivity contribution in [3.05, 3.63) is 59.1 Å². The van der Waals surface area contributed by atoms with E-state index in [4.69, 9.17) is 14.0 Å². The van der Waals surface area contributed by atoms with E-state index in [2.05, 4.69) is 15.5 Å². The van der Waals surface area contributed by atoms with Gasteiger partial charge in [0.05, 0.1) is 16.6 Å². The van der Waals surface area contributed by atoms with Gasteiger partial charge in [-0.1, -0.05) is 55.5 Å². The Bertz CT molecular complexity index is 1230. The lowest BCUT2D eigenvalue weighted by molar-refractivity contribution is -0.124. The fourth-order valence-corrected chi connectivity index (χ4v) is 4.94. The summed E-state index contributed by atoms with van der Waals surface area (Å²) in [5, 5.41) is 11.2. The van der Waals surface area contributed by atoms with Crippen molar-refractivity contribution in [3.8, 4) is 11.5 Å². The molecule has 5 rings (SSSR count). The van der Waals surface area contributed by atoms with E-state index in [1.807, 2.05) is 84.0 Å². The molecule has 0 saturated carbocycles. The van der Waals surface area contributed by atoms with Gasteiger partial charge >= 0.3 is 7.12 Å². The summed E-state index contributed by atoms with van der Waals surface area (Å²) < 4.78 is 18.8. The van der Waals surface area contributed by atoms with Crippen LogP contribution in [0.5, 0.6) is 11.5 Å². The molecule has 2 aromatic carbocycles. The second-order valence-corrected chi connectivity index (χ2v) is 11.2. The van der Waals surface area contributed by atoms with Gasteiger partial charge in [0.15, 0.2) is 0 Å². The van der Waals surface area contributed by atoms with Gasteiger partial charge in [-0.05, 0) is 45.3 Å². The van der Waals surface area contributed by atoms with Crippen LogP contribution in [-0.2, 0) is 14.1 Å². The van der Waals surface area contributed by atoms with Crippen LogP contribution in [0.4, 0.5) is 5.13 Å². The second kappa shape index (κ2) is 7.90. The fraction of sp³-hybridized carbons (Fsp3) is 0.400. The Kier molecular flexibility index (Phi) is 5.35. The van der Waals surface area contributed by atoms with Gasteiger partial charge in [0, 0.05) is 17.0 Å². The van der Waals surface area contributed by atoms with Crippen molar-refractivity contribution in [2.24, 2.45) is 5.41 Å². The van der Waals surface area contributed by atoms with Crippen molar-refractivity contribution >= 4 is 35.0 Å². The number of para-hydroxylation sites is 1. The molecular formula is C25H28BN3O4S. The molecule has 1 fully saturated rings. The Morgan fingerprint density at radius 1 is 1.03 bits per heavy atom. The van der Waals surface area contributed by atoms with Gasteiger partial charge in [0.2, 0.25) is 11.0 Å². The first kappa shape index (κ1) is 23.0. The van der Waals surface area contributed by atoms with E-state index in [1.54, 1.807) is 5.51 Å². The van der Waals surface area contributed by atoms with Crippen LogP contribution < -0.4 is 15.5 Å². The minimum atomic E-state index is -0.799. The standard InChI is InChI=1S/C25H28BN3O4S/c1-23(2,21(30)28-22-29-27-14-34-22)20-16-9-7-8-10-18(16)31-19-13-15(11-12-17(19)20)26-32-24(3,4)25(5,6)33-26/h7-14,20H,1-6H3,(H,28,29,30). The Morgan fingerprint density at radius 2 is 1.71 bits per heavy atom. The molecule has 1 unspecified atom stereocenters. The number of carbonyl (C=O) groups is 1. The van der Waals surface area contributed by atoms with Crippen LogP contribution >= 0.6 is 11.3 Å². The first-order valence-corrected chi connectivity index (χ1v) is 12.2. The zero-order chi connectivity index (χ0) is 24.3. The number of fused-ring (bicyclic) bond motifs is 2. The number of carbonyl (C=O) groups excluding carboxylic acids is 1. The quantitative estimate of drug-likeness (QED) is 0.547. The average molecular weight is 477 g/mol. The van der Waals surface area contributed by atoms with E-state index in [-0.39, 0.29) is 11.8 Å². The number of ether oxygens (including phenoxy) is 1. The third-order valence-corrected chi connectivity index (χ3v) is 7.82. The number of amides is 1. The van der Waals surface area contributed by atoms with Crippen molar-refractivity contribution in [3.63, 3.8) is 0 Å². The third kappa shape index (κ3) is 3.72. The Morgan fingerprint density at radius 3 is 2.38 bits per heavy atom. The van der Waals surface area contributed by atoms with Crippen molar-refractivity contribution in [2.45, 2.75) is 58.7 Å². The maximum Gasteiger partial charge on any atom is 0.494 e. The molecule has 0 bridgehead atoms. The highest BCUT2D eigenvalue weighted by atomic mass is 32.1.